The summed E-state index contributed by atoms with van der Waals surface area (Å²) < 4.78 is 2.28. The van der Waals surface area contributed by atoms with Gasteiger partial charge in [-0.1, -0.05) is 23.8 Å². The molecule has 18 heavy (non-hydrogen) atoms. The number of benzene rings is 1. The van der Waals surface area contributed by atoms with Gasteiger partial charge in [-0.2, -0.15) is 0 Å². The summed E-state index contributed by atoms with van der Waals surface area (Å²) in [6.07, 6.45) is 5.19. The summed E-state index contributed by atoms with van der Waals surface area (Å²) in [5, 5.41) is 3.42. The zero-order valence-electron chi connectivity index (χ0n) is 10.8. The maximum absolute atomic E-state index is 4.31. The molecule has 1 aliphatic rings. The molecule has 1 unspecified atom stereocenters. The van der Waals surface area contributed by atoms with Gasteiger partial charge in [-0.15, -0.1) is 0 Å². The van der Waals surface area contributed by atoms with Gasteiger partial charge in [-0.05, 0) is 38.4 Å². The second-order valence-electron chi connectivity index (χ2n) is 5.16. The van der Waals surface area contributed by atoms with Gasteiger partial charge in [0.1, 0.15) is 0 Å². The van der Waals surface area contributed by atoms with Crippen LogP contribution in [0.4, 0.5) is 0 Å². The van der Waals surface area contributed by atoms with Gasteiger partial charge in [0.05, 0.1) is 18.2 Å². The standard InChI is InChI=1S/C15H19N3/c1-12-3-2-4-14(7-12)15-9-17-11-18(15)10-13-5-6-16-8-13/h2-4,7,9,11,13,16H,5-6,8,10H2,1H3. The Labute approximate surface area is 108 Å². The Morgan fingerprint density at radius 3 is 3.17 bits per heavy atom. The summed E-state index contributed by atoms with van der Waals surface area (Å²) in [7, 11) is 0. The van der Waals surface area contributed by atoms with Gasteiger partial charge in [0.2, 0.25) is 0 Å². The number of nitrogens with one attached hydrogen (secondary N) is 1. The number of hydrogen-bond donors (Lipinski definition) is 1. The molecule has 0 radical (unpaired) electrons. The minimum absolute atomic E-state index is 0.739. The first-order valence-corrected chi connectivity index (χ1v) is 6.61. The largest absolute Gasteiger partial charge is 0.330 e. The van der Waals surface area contributed by atoms with Crippen LogP contribution < -0.4 is 5.32 Å². The highest BCUT2D eigenvalue weighted by Crippen LogP contribution is 2.22. The molecule has 1 aromatic heterocycles. The molecule has 0 saturated carbocycles. The number of rotatable bonds is 3. The van der Waals surface area contributed by atoms with Crippen molar-refractivity contribution in [1.82, 2.24) is 14.9 Å². The van der Waals surface area contributed by atoms with E-state index < -0.39 is 0 Å². The molecule has 1 atom stereocenters. The van der Waals surface area contributed by atoms with Crippen LogP contribution in [-0.2, 0) is 6.54 Å². The van der Waals surface area contributed by atoms with Crippen molar-refractivity contribution in [3.63, 3.8) is 0 Å². The fourth-order valence-electron chi connectivity index (χ4n) is 2.66. The second-order valence-corrected chi connectivity index (χ2v) is 5.16. The lowest BCUT2D eigenvalue weighted by atomic mass is 10.1. The van der Waals surface area contributed by atoms with E-state index in [1.807, 2.05) is 12.5 Å². The molecule has 1 saturated heterocycles. The summed E-state index contributed by atoms with van der Waals surface area (Å²) in [5.41, 5.74) is 3.78. The highest BCUT2D eigenvalue weighted by Gasteiger charge is 2.16. The molecule has 0 aliphatic carbocycles. The summed E-state index contributed by atoms with van der Waals surface area (Å²) >= 11 is 0. The third-order valence-corrected chi connectivity index (χ3v) is 3.64. The van der Waals surface area contributed by atoms with Crippen LogP contribution in [0, 0.1) is 12.8 Å². The molecule has 2 aromatic rings. The molecule has 3 nitrogen and oxygen atoms in total. The molecule has 0 bridgehead atoms. The lowest BCUT2D eigenvalue weighted by Crippen LogP contribution is -2.14. The number of imidazole rings is 1. The highest BCUT2D eigenvalue weighted by molar-refractivity contribution is 5.59. The van der Waals surface area contributed by atoms with Crippen LogP contribution in [0.15, 0.2) is 36.8 Å². The quantitative estimate of drug-likeness (QED) is 0.894. The maximum atomic E-state index is 4.31. The Morgan fingerprint density at radius 2 is 2.39 bits per heavy atom. The summed E-state index contributed by atoms with van der Waals surface area (Å²) in [5.74, 6) is 0.739. The van der Waals surface area contributed by atoms with Crippen molar-refractivity contribution in [3.05, 3.63) is 42.4 Å². The van der Waals surface area contributed by atoms with E-state index in [0.29, 0.717) is 0 Å². The zero-order valence-corrected chi connectivity index (χ0v) is 10.8. The van der Waals surface area contributed by atoms with Gasteiger partial charge in [0.25, 0.3) is 0 Å². The molecule has 2 heterocycles. The summed E-state index contributed by atoms with van der Waals surface area (Å²) in [4.78, 5) is 4.31. The first-order chi connectivity index (χ1) is 8.83. The second kappa shape index (κ2) is 4.94. The van der Waals surface area contributed by atoms with E-state index in [-0.39, 0.29) is 0 Å². The Morgan fingerprint density at radius 1 is 1.44 bits per heavy atom. The third-order valence-electron chi connectivity index (χ3n) is 3.64. The number of hydrogen-bond acceptors (Lipinski definition) is 2. The SMILES string of the molecule is Cc1cccc(-c2cncn2CC2CCNC2)c1. The molecule has 94 valence electrons. The molecule has 1 aliphatic heterocycles. The van der Waals surface area contributed by atoms with Crippen molar-refractivity contribution in [2.24, 2.45) is 5.92 Å². The predicted octanol–water partition coefficient (Wildman–Crippen LogP) is 2.47. The molecule has 3 rings (SSSR count). The van der Waals surface area contributed by atoms with Gasteiger partial charge in [0, 0.05) is 12.1 Å². The van der Waals surface area contributed by atoms with Crippen LogP contribution in [0.2, 0.25) is 0 Å². The number of aryl methyl sites for hydroxylation is 1. The summed E-state index contributed by atoms with van der Waals surface area (Å²) in [6.45, 7) is 5.48. The Hall–Kier alpha value is -1.61. The van der Waals surface area contributed by atoms with Crippen LogP contribution in [0.1, 0.15) is 12.0 Å². The van der Waals surface area contributed by atoms with Crippen LogP contribution in [-0.4, -0.2) is 22.6 Å². The minimum Gasteiger partial charge on any atom is -0.330 e. The molecular weight excluding hydrogens is 222 g/mol. The van der Waals surface area contributed by atoms with Gasteiger partial charge in [-0.3, -0.25) is 0 Å². The van der Waals surface area contributed by atoms with E-state index in [1.54, 1.807) is 0 Å². The van der Waals surface area contributed by atoms with Crippen molar-refractivity contribution < 1.29 is 0 Å². The lowest BCUT2D eigenvalue weighted by Gasteiger charge is -2.13. The Bertz CT molecular complexity index is 524. The summed E-state index contributed by atoms with van der Waals surface area (Å²) in [6, 6.07) is 8.62. The smallest absolute Gasteiger partial charge is 0.0951 e. The molecule has 1 N–H and O–H groups in total. The fraction of sp³-hybridized carbons (Fsp3) is 0.400. The fourth-order valence-corrected chi connectivity index (χ4v) is 2.66. The lowest BCUT2D eigenvalue weighted by molar-refractivity contribution is 0.484. The van der Waals surface area contributed by atoms with Crippen LogP contribution in [0.5, 0.6) is 0 Å². The van der Waals surface area contributed by atoms with E-state index in [0.717, 1.165) is 25.6 Å². The van der Waals surface area contributed by atoms with Gasteiger partial charge >= 0.3 is 0 Å². The molecular formula is C15H19N3. The average Bonchev–Trinajstić information content (AvgIpc) is 3.01. The van der Waals surface area contributed by atoms with Crippen LogP contribution in [0.3, 0.4) is 0 Å². The van der Waals surface area contributed by atoms with Crippen LogP contribution in [0.25, 0.3) is 11.3 Å². The van der Waals surface area contributed by atoms with Crippen molar-refractivity contribution in [3.8, 4) is 11.3 Å². The van der Waals surface area contributed by atoms with E-state index in [2.05, 4.69) is 46.1 Å². The predicted molar refractivity (Wildman–Crippen MR) is 73.4 cm³/mol. The van der Waals surface area contributed by atoms with Gasteiger partial charge in [0.15, 0.2) is 0 Å². The van der Waals surface area contributed by atoms with E-state index in [4.69, 9.17) is 0 Å². The molecule has 0 spiro atoms. The van der Waals surface area contributed by atoms with E-state index in [1.165, 1.54) is 23.2 Å². The van der Waals surface area contributed by atoms with Crippen molar-refractivity contribution in [2.75, 3.05) is 13.1 Å². The van der Waals surface area contributed by atoms with Crippen molar-refractivity contribution >= 4 is 0 Å². The van der Waals surface area contributed by atoms with E-state index in [9.17, 15) is 0 Å². The number of aromatic nitrogens is 2. The third kappa shape index (κ3) is 2.31. The minimum atomic E-state index is 0.739. The first kappa shape index (κ1) is 11.5. The normalized spacial score (nSPS) is 19.3. The molecule has 0 amide bonds. The Balaban J connectivity index is 1.86. The zero-order chi connectivity index (χ0) is 12.4. The Kier molecular flexibility index (Phi) is 3.15. The van der Waals surface area contributed by atoms with E-state index >= 15 is 0 Å². The van der Waals surface area contributed by atoms with Gasteiger partial charge < -0.3 is 9.88 Å². The highest BCUT2D eigenvalue weighted by atomic mass is 15.1. The molecule has 3 heteroatoms. The van der Waals surface area contributed by atoms with Crippen molar-refractivity contribution in [1.29, 1.82) is 0 Å². The average molecular weight is 241 g/mol. The van der Waals surface area contributed by atoms with Crippen LogP contribution >= 0.6 is 0 Å². The maximum Gasteiger partial charge on any atom is 0.0951 e. The topological polar surface area (TPSA) is 29.9 Å². The molecule has 1 fully saturated rings. The first-order valence-electron chi connectivity index (χ1n) is 6.61. The molecule has 1 aromatic carbocycles. The van der Waals surface area contributed by atoms with Crippen molar-refractivity contribution in [2.45, 2.75) is 19.9 Å². The number of nitrogens with zero attached hydrogens (tertiary/aromatic N) is 2. The van der Waals surface area contributed by atoms with Gasteiger partial charge in [-0.25, -0.2) is 4.98 Å². The monoisotopic (exact) mass is 241 g/mol.